The zero-order valence-corrected chi connectivity index (χ0v) is 16.8. The average Bonchev–Trinajstić information content (AvgIpc) is 3.00. The van der Waals surface area contributed by atoms with E-state index in [1.54, 1.807) is 5.57 Å². The Morgan fingerprint density at radius 1 is 0.792 bits per heavy atom. The van der Waals surface area contributed by atoms with Gasteiger partial charge in [-0.25, -0.2) is 0 Å². The highest BCUT2D eigenvalue weighted by Crippen LogP contribution is 2.29. The van der Waals surface area contributed by atoms with Crippen LogP contribution in [0.15, 0.2) is 22.9 Å². The maximum atomic E-state index is 6.43. The average molecular weight is 353 g/mol. The summed E-state index contributed by atoms with van der Waals surface area (Å²) in [7, 11) is -2.69. The standard InChI is InChI=1S/C20H36O3Si/c1-3-21-24(22-4-2,20-15-11-7-8-12-16-20)23-18-17-19-13-9-5-6-10-14-19/h13,15H,3-12,14,16-18H2,1-2H3. The Morgan fingerprint density at radius 3 is 2.17 bits per heavy atom. The van der Waals surface area contributed by atoms with Gasteiger partial charge in [-0.15, -0.1) is 0 Å². The molecule has 0 radical (unpaired) electrons. The zero-order chi connectivity index (χ0) is 17.1. The summed E-state index contributed by atoms with van der Waals surface area (Å²) in [6.07, 6.45) is 18.4. The monoisotopic (exact) mass is 352 g/mol. The molecule has 0 aromatic heterocycles. The molecule has 0 aromatic rings. The summed E-state index contributed by atoms with van der Waals surface area (Å²) >= 11 is 0. The summed E-state index contributed by atoms with van der Waals surface area (Å²) in [6.45, 7) is 6.15. The van der Waals surface area contributed by atoms with E-state index in [9.17, 15) is 0 Å². The van der Waals surface area contributed by atoms with Gasteiger partial charge in [-0.1, -0.05) is 30.6 Å². The van der Waals surface area contributed by atoms with Gasteiger partial charge in [-0.3, -0.25) is 0 Å². The van der Waals surface area contributed by atoms with Crippen molar-refractivity contribution in [1.82, 2.24) is 0 Å². The Labute approximate surface area is 149 Å². The minimum atomic E-state index is -2.69. The highest BCUT2D eigenvalue weighted by atomic mass is 28.4. The van der Waals surface area contributed by atoms with E-state index in [4.69, 9.17) is 13.3 Å². The van der Waals surface area contributed by atoms with Crippen LogP contribution in [0.5, 0.6) is 0 Å². The van der Waals surface area contributed by atoms with Gasteiger partial charge in [0.1, 0.15) is 0 Å². The molecule has 0 aromatic carbocycles. The first kappa shape index (κ1) is 19.9. The first-order chi connectivity index (χ1) is 11.8. The van der Waals surface area contributed by atoms with Crippen molar-refractivity contribution in [1.29, 1.82) is 0 Å². The summed E-state index contributed by atoms with van der Waals surface area (Å²) in [5, 5.41) is 1.33. The normalized spacial score (nSPS) is 20.1. The van der Waals surface area contributed by atoms with E-state index in [0.717, 1.165) is 25.9 Å². The summed E-state index contributed by atoms with van der Waals surface area (Å²) < 4.78 is 18.8. The van der Waals surface area contributed by atoms with Crippen molar-refractivity contribution < 1.29 is 13.3 Å². The van der Waals surface area contributed by atoms with Crippen LogP contribution < -0.4 is 0 Å². The molecule has 0 bridgehead atoms. The van der Waals surface area contributed by atoms with Crippen LogP contribution in [0.4, 0.5) is 0 Å². The van der Waals surface area contributed by atoms with Crippen LogP contribution in [0.2, 0.25) is 0 Å². The predicted octanol–water partition coefficient (Wildman–Crippen LogP) is 5.73. The van der Waals surface area contributed by atoms with Crippen molar-refractivity contribution in [2.45, 2.75) is 84.5 Å². The first-order valence-electron chi connectivity index (χ1n) is 10.1. The van der Waals surface area contributed by atoms with Gasteiger partial charge in [-0.05, 0) is 76.8 Å². The summed E-state index contributed by atoms with van der Waals surface area (Å²) in [5.41, 5.74) is 1.57. The van der Waals surface area contributed by atoms with Gasteiger partial charge in [0.05, 0.1) is 0 Å². The first-order valence-corrected chi connectivity index (χ1v) is 11.8. The second-order valence-corrected chi connectivity index (χ2v) is 9.43. The summed E-state index contributed by atoms with van der Waals surface area (Å²) in [4.78, 5) is 0. The highest BCUT2D eigenvalue weighted by molar-refractivity contribution is 6.68. The third-order valence-electron chi connectivity index (χ3n) is 4.95. The van der Waals surface area contributed by atoms with Crippen LogP contribution in [0.25, 0.3) is 0 Å². The van der Waals surface area contributed by atoms with E-state index >= 15 is 0 Å². The lowest BCUT2D eigenvalue weighted by molar-refractivity contribution is 0.0760. The van der Waals surface area contributed by atoms with Gasteiger partial charge in [0, 0.05) is 19.8 Å². The van der Waals surface area contributed by atoms with Gasteiger partial charge in [0.2, 0.25) is 0 Å². The second kappa shape index (κ2) is 11.2. The van der Waals surface area contributed by atoms with Gasteiger partial charge in [-0.2, -0.15) is 0 Å². The molecule has 0 aliphatic heterocycles. The molecule has 0 fully saturated rings. The molecule has 0 saturated heterocycles. The Kier molecular flexibility index (Phi) is 9.32. The van der Waals surface area contributed by atoms with E-state index in [0.29, 0.717) is 13.2 Å². The fourth-order valence-corrected chi connectivity index (χ4v) is 6.52. The van der Waals surface area contributed by atoms with Crippen molar-refractivity contribution >= 4 is 8.80 Å². The highest BCUT2D eigenvalue weighted by Gasteiger charge is 2.45. The lowest BCUT2D eigenvalue weighted by Crippen LogP contribution is -2.48. The van der Waals surface area contributed by atoms with Crippen LogP contribution in [0, 0.1) is 0 Å². The molecule has 0 N–H and O–H groups in total. The van der Waals surface area contributed by atoms with Crippen molar-refractivity contribution in [2.24, 2.45) is 0 Å². The zero-order valence-electron chi connectivity index (χ0n) is 15.8. The van der Waals surface area contributed by atoms with E-state index < -0.39 is 8.80 Å². The maximum Gasteiger partial charge on any atom is 0.532 e. The lowest BCUT2D eigenvalue weighted by Gasteiger charge is -2.31. The SMILES string of the molecule is CCO[Si](OCC)(OCCC1=CCCCCC1)C1=CCCCCC1. The van der Waals surface area contributed by atoms with Gasteiger partial charge in [0.25, 0.3) is 0 Å². The van der Waals surface area contributed by atoms with Crippen LogP contribution in [0.1, 0.15) is 84.5 Å². The van der Waals surface area contributed by atoms with Crippen molar-refractivity contribution in [3.8, 4) is 0 Å². The number of allylic oxidation sites excluding steroid dienone is 3. The molecule has 4 heteroatoms. The van der Waals surface area contributed by atoms with Crippen LogP contribution in [0.3, 0.4) is 0 Å². The fourth-order valence-electron chi connectivity index (χ4n) is 3.70. The Morgan fingerprint density at radius 2 is 1.46 bits per heavy atom. The Hall–Kier alpha value is -0.423. The summed E-state index contributed by atoms with van der Waals surface area (Å²) in [5.74, 6) is 0. The van der Waals surface area contributed by atoms with Crippen LogP contribution >= 0.6 is 0 Å². The number of rotatable bonds is 9. The minimum Gasteiger partial charge on any atom is -0.370 e. The van der Waals surface area contributed by atoms with Gasteiger partial charge >= 0.3 is 8.80 Å². The quantitative estimate of drug-likeness (QED) is 0.392. The third-order valence-corrected chi connectivity index (χ3v) is 8.12. The Bertz CT molecular complexity index is 411. The summed E-state index contributed by atoms with van der Waals surface area (Å²) in [6, 6.07) is 0. The molecule has 2 rings (SSSR count). The van der Waals surface area contributed by atoms with E-state index in [2.05, 4.69) is 26.0 Å². The molecule has 0 heterocycles. The topological polar surface area (TPSA) is 27.7 Å². The molecule has 0 spiro atoms. The van der Waals surface area contributed by atoms with E-state index in [1.807, 2.05) is 0 Å². The molecule has 2 aliphatic rings. The molecule has 138 valence electrons. The largest absolute Gasteiger partial charge is 0.532 e. The van der Waals surface area contributed by atoms with Crippen molar-refractivity contribution in [3.05, 3.63) is 22.9 Å². The lowest BCUT2D eigenvalue weighted by atomic mass is 10.1. The molecular formula is C20H36O3Si. The number of hydrogen-bond acceptors (Lipinski definition) is 3. The molecule has 24 heavy (non-hydrogen) atoms. The van der Waals surface area contributed by atoms with E-state index in [-0.39, 0.29) is 0 Å². The van der Waals surface area contributed by atoms with Gasteiger partial charge in [0.15, 0.2) is 0 Å². The van der Waals surface area contributed by atoms with Crippen LogP contribution in [-0.4, -0.2) is 28.6 Å². The number of hydrogen-bond donors (Lipinski definition) is 0. The molecule has 0 saturated carbocycles. The fraction of sp³-hybridized carbons (Fsp3) is 0.800. The molecule has 0 atom stereocenters. The molecule has 0 amide bonds. The predicted molar refractivity (Wildman–Crippen MR) is 102 cm³/mol. The van der Waals surface area contributed by atoms with Gasteiger partial charge < -0.3 is 13.3 Å². The smallest absolute Gasteiger partial charge is 0.370 e. The maximum absolute atomic E-state index is 6.43. The van der Waals surface area contributed by atoms with E-state index in [1.165, 1.54) is 56.6 Å². The molecular weight excluding hydrogens is 316 g/mol. The van der Waals surface area contributed by atoms with Crippen molar-refractivity contribution in [2.75, 3.05) is 19.8 Å². The molecule has 3 nitrogen and oxygen atoms in total. The third kappa shape index (κ3) is 6.14. The van der Waals surface area contributed by atoms with Crippen molar-refractivity contribution in [3.63, 3.8) is 0 Å². The molecule has 2 aliphatic carbocycles. The second-order valence-electron chi connectivity index (χ2n) is 6.81. The Balaban J connectivity index is 2.01. The molecule has 0 unspecified atom stereocenters. The minimum absolute atomic E-state index is 0.659. The van der Waals surface area contributed by atoms with Crippen LogP contribution in [-0.2, 0) is 13.3 Å².